The maximum Gasteiger partial charge on any atom is 0.309 e. The number of hydrogen-bond acceptors (Lipinski definition) is 4. The van der Waals surface area contributed by atoms with Crippen molar-refractivity contribution in [1.82, 2.24) is 0 Å². The van der Waals surface area contributed by atoms with Crippen LogP contribution in [0.2, 0.25) is 0 Å². The number of sulfone groups is 1. The first-order chi connectivity index (χ1) is 10.8. The minimum Gasteiger partial charge on any atom is -0.469 e. The molecule has 0 N–H and O–H groups in total. The Hall–Kier alpha value is -0.840. The molecule has 4 nitrogen and oxygen atoms in total. The summed E-state index contributed by atoms with van der Waals surface area (Å²) in [4.78, 5) is 12.3. The monoisotopic (exact) mass is 342 g/mol. The molecule has 2 aliphatic carbocycles. The molecule has 0 aromatic rings. The van der Waals surface area contributed by atoms with E-state index in [-0.39, 0.29) is 23.4 Å². The van der Waals surface area contributed by atoms with Gasteiger partial charge in [-0.05, 0) is 49.9 Å². The second-order valence-corrected chi connectivity index (χ2v) is 9.74. The molecule has 0 aromatic carbocycles. The van der Waals surface area contributed by atoms with E-state index >= 15 is 0 Å². The molecule has 5 heteroatoms. The van der Waals surface area contributed by atoms with Gasteiger partial charge in [-0.25, -0.2) is 8.42 Å². The van der Waals surface area contributed by atoms with Crippen LogP contribution < -0.4 is 0 Å². The van der Waals surface area contributed by atoms with Gasteiger partial charge in [0.15, 0.2) is 9.84 Å². The average Bonchev–Trinajstić information content (AvgIpc) is 2.52. The molecule has 0 heterocycles. The normalized spacial score (nSPS) is 32.6. The number of methoxy groups -OCH3 is 1. The smallest absolute Gasteiger partial charge is 0.309 e. The number of esters is 1. The quantitative estimate of drug-likeness (QED) is 0.568. The minimum absolute atomic E-state index is 0.0760. The third-order valence-electron chi connectivity index (χ3n) is 5.92. The fourth-order valence-electron chi connectivity index (χ4n) is 4.47. The van der Waals surface area contributed by atoms with Crippen molar-refractivity contribution in [3.8, 4) is 0 Å². The van der Waals surface area contributed by atoms with Crippen molar-refractivity contribution in [2.45, 2.75) is 46.5 Å². The summed E-state index contributed by atoms with van der Waals surface area (Å²) in [5.41, 5.74) is 1.37. The lowest BCUT2D eigenvalue weighted by Crippen LogP contribution is -2.43. The number of rotatable bonds is 5. The van der Waals surface area contributed by atoms with Crippen molar-refractivity contribution in [3.05, 3.63) is 11.6 Å². The number of hydrogen-bond donors (Lipinski definition) is 0. The third-order valence-corrected chi connectivity index (χ3v) is 7.66. The summed E-state index contributed by atoms with van der Waals surface area (Å²) < 4.78 is 29.2. The predicted octanol–water partition coefficient (Wildman–Crippen LogP) is 3.23. The molecular weight excluding hydrogens is 312 g/mol. The molecule has 5 atom stereocenters. The van der Waals surface area contributed by atoms with Crippen molar-refractivity contribution < 1.29 is 17.9 Å². The standard InChI is InChI=1S/C18H30O4S/c1-5-23(20,21)11-17(18(19)22-4)15-9-7-13(3)14-8-6-12(2)10-16(14)15/h10,13-17H,5-9,11H2,1-4H3/t13-,14+,15-,16+,17-/m1/s1. The van der Waals surface area contributed by atoms with Crippen molar-refractivity contribution in [2.75, 3.05) is 18.6 Å². The highest BCUT2D eigenvalue weighted by molar-refractivity contribution is 7.91. The van der Waals surface area contributed by atoms with Gasteiger partial charge in [0.2, 0.25) is 0 Å². The Kier molecular flexibility index (Phi) is 5.93. The highest BCUT2D eigenvalue weighted by atomic mass is 32.2. The van der Waals surface area contributed by atoms with Crippen LogP contribution in [0.4, 0.5) is 0 Å². The van der Waals surface area contributed by atoms with Gasteiger partial charge in [0.1, 0.15) is 0 Å². The molecule has 0 spiro atoms. The van der Waals surface area contributed by atoms with Gasteiger partial charge in [0, 0.05) is 5.75 Å². The van der Waals surface area contributed by atoms with Crippen molar-refractivity contribution in [1.29, 1.82) is 0 Å². The van der Waals surface area contributed by atoms with E-state index < -0.39 is 15.8 Å². The van der Waals surface area contributed by atoms with Gasteiger partial charge in [-0.3, -0.25) is 4.79 Å². The van der Waals surface area contributed by atoms with E-state index in [0.717, 1.165) is 25.7 Å². The van der Waals surface area contributed by atoms with Crippen LogP contribution in [-0.4, -0.2) is 33.0 Å². The fraction of sp³-hybridized carbons (Fsp3) is 0.833. The van der Waals surface area contributed by atoms with E-state index in [2.05, 4.69) is 19.9 Å². The molecule has 1 fully saturated rings. The highest BCUT2D eigenvalue weighted by Crippen LogP contribution is 2.48. The molecule has 0 saturated heterocycles. The minimum atomic E-state index is -3.21. The Morgan fingerprint density at radius 2 is 2.04 bits per heavy atom. The molecular formula is C18H30O4S. The maximum absolute atomic E-state index is 12.3. The molecule has 2 rings (SSSR count). The zero-order valence-corrected chi connectivity index (χ0v) is 15.6. The van der Waals surface area contributed by atoms with Gasteiger partial charge >= 0.3 is 5.97 Å². The number of carbonyl (C=O) groups is 1. The zero-order valence-electron chi connectivity index (χ0n) is 14.7. The summed E-state index contributed by atoms with van der Waals surface area (Å²) in [5.74, 6) is 0.696. The number of carbonyl (C=O) groups excluding carboxylic acids is 1. The zero-order chi connectivity index (χ0) is 17.2. The van der Waals surface area contributed by atoms with Gasteiger partial charge < -0.3 is 4.74 Å². The molecule has 0 amide bonds. The largest absolute Gasteiger partial charge is 0.469 e. The summed E-state index contributed by atoms with van der Waals surface area (Å²) in [5, 5.41) is 0. The van der Waals surface area contributed by atoms with E-state index in [1.807, 2.05) is 0 Å². The Balaban J connectivity index is 2.32. The van der Waals surface area contributed by atoms with Crippen LogP contribution in [0.5, 0.6) is 0 Å². The van der Waals surface area contributed by atoms with E-state index in [1.165, 1.54) is 12.7 Å². The lowest BCUT2D eigenvalue weighted by atomic mass is 9.60. The molecule has 23 heavy (non-hydrogen) atoms. The van der Waals surface area contributed by atoms with Crippen LogP contribution in [-0.2, 0) is 19.4 Å². The molecule has 0 radical (unpaired) electrons. The average molecular weight is 343 g/mol. The van der Waals surface area contributed by atoms with Crippen molar-refractivity contribution >= 4 is 15.8 Å². The summed E-state index contributed by atoms with van der Waals surface area (Å²) in [6.07, 6.45) is 6.56. The van der Waals surface area contributed by atoms with Crippen LogP contribution in [0, 0.1) is 29.6 Å². The molecule has 0 aromatic heterocycles. The van der Waals surface area contributed by atoms with Gasteiger partial charge in [-0.2, -0.15) is 0 Å². The van der Waals surface area contributed by atoms with Gasteiger partial charge in [0.05, 0.1) is 18.8 Å². The van der Waals surface area contributed by atoms with Gasteiger partial charge in [-0.15, -0.1) is 0 Å². The summed E-state index contributed by atoms with van der Waals surface area (Å²) in [6, 6.07) is 0. The van der Waals surface area contributed by atoms with Crippen molar-refractivity contribution in [3.63, 3.8) is 0 Å². The van der Waals surface area contributed by atoms with Crippen molar-refractivity contribution in [2.24, 2.45) is 29.6 Å². The molecule has 132 valence electrons. The van der Waals surface area contributed by atoms with Crippen LogP contribution in [0.3, 0.4) is 0 Å². The first kappa shape index (κ1) is 18.5. The highest BCUT2D eigenvalue weighted by Gasteiger charge is 2.44. The molecule has 2 aliphatic rings. The van der Waals surface area contributed by atoms with E-state index in [0.29, 0.717) is 17.8 Å². The molecule has 1 saturated carbocycles. The Morgan fingerprint density at radius 3 is 2.65 bits per heavy atom. The number of allylic oxidation sites excluding steroid dienone is 2. The second kappa shape index (κ2) is 7.37. The van der Waals surface area contributed by atoms with E-state index in [4.69, 9.17) is 4.74 Å². The number of fused-ring (bicyclic) bond motifs is 1. The maximum atomic E-state index is 12.3. The van der Waals surface area contributed by atoms with Crippen LogP contribution >= 0.6 is 0 Å². The van der Waals surface area contributed by atoms with E-state index in [1.54, 1.807) is 6.92 Å². The Morgan fingerprint density at radius 1 is 1.35 bits per heavy atom. The summed E-state index contributed by atoms with van der Waals surface area (Å²) in [7, 11) is -1.85. The Bertz CT molecular complexity index is 564. The van der Waals surface area contributed by atoms with Crippen LogP contribution in [0.15, 0.2) is 11.6 Å². The summed E-state index contributed by atoms with van der Waals surface area (Å²) in [6.45, 7) is 6.07. The molecule has 0 unspecified atom stereocenters. The van der Waals surface area contributed by atoms with Crippen LogP contribution in [0.1, 0.15) is 46.5 Å². The summed E-state index contributed by atoms with van der Waals surface area (Å²) >= 11 is 0. The lowest BCUT2D eigenvalue weighted by Gasteiger charge is -2.45. The SMILES string of the molecule is CCS(=O)(=O)C[C@@H](C(=O)OC)[C@@H]1CC[C@@H](C)[C@@H]2CCC(C)=C[C@@H]21. The van der Waals surface area contributed by atoms with Gasteiger partial charge in [-0.1, -0.05) is 31.9 Å². The molecule has 0 bridgehead atoms. The molecule has 0 aliphatic heterocycles. The predicted molar refractivity (Wildman–Crippen MR) is 91.7 cm³/mol. The first-order valence-corrected chi connectivity index (χ1v) is 10.6. The second-order valence-electron chi connectivity index (χ2n) is 7.34. The van der Waals surface area contributed by atoms with E-state index in [9.17, 15) is 13.2 Å². The third kappa shape index (κ3) is 4.17. The first-order valence-electron chi connectivity index (χ1n) is 8.74. The topological polar surface area (TPSA) is 60.4 Å². The van der Waals surface area contributed by atoms with Gasteiger partial charge in [0.25, 0.3) is 0 Å². The number of ether oxygens (including phenoxy) is 1. The van der Waals surface area contributed by atoms with Crippen LogP contribution in [0.25, 0.3) is 0 Å². The Labute approximate surface area is 140 Å². The lowest BCUT2D eigenvalue weighted by molar-refractivity contribution is -0.148. The fourth-order valence-corrected chi connectivity index (χ4v) is 5.63.